The minimum absolute atomic E-state index is 0.711. The summed E-state index contributed by atoms with van der Waals surface area (Å²) >= 11 is 4.96. The molecule has 0 saturated heterocycles. The molecule has 0 radical (unpaired) electrons. The van der Waals surface area contributed by atoms with Crippen molar-refractivity contribution in [3.63, 3.8) is 0 Å². The number of hydrogen-bond donors (Lipinski definition) is 0. The van der Waals surface area contributed by atoms with E-state index in [0.717, 1.165) is 11.4 Å². The van der Waals surface area contributed by atoms with E-state index in [0.29, 0.717) is 4.86 Å². The Bertz CT molecular complexity index is 303. The van der Waals surface area contributed by atoms with Crippen molar-refractivity contribution in [3.8, 4) is 0 Å². The summed E-state index contributed by atoms with van der Waals surface area (Å²) in [6, 6.07) is 0. The molecule has 48 valence electrons. The molecule has 3 nitrogen and oxygen atoms in total. The zero-order chi connectivity index (χ0) is 6.97. The van der Waals surface area contributed by atoms with Gasteiger partial charge in [-0.15, -0.1) is 10.2 Å². The van der Waals surface area contributed by atoms with E-state index in [2.05, 4.69) is 15.4 Å². The van der Waals surface area contributed by atoms with Crippen molar-refractivity contribution in [1.29, 1.82) is 0 Å². The third kappa shape index (κ3) is 0.657. The minimum atomic E-state index is 0.711. The third-order valence-corrected chi connectivity index (χ3v) is 1.60. The summed E-state index contributed by atoms with van der Waals surface area (Å²) in [7, 11) is 0. The number of allylic oxidation sites excluding steroid dienone is 4. The van der Waals surface area contributed by atoms with E-state index >= 15 is 0 Å². The Kier molecular flexibility index (Phi) is 1.07. The zero-order valence-electron chi connectivity index (χ0n) is 4.98. The first-order valence-corrected chi connectivity index (χ1v) is 3.20. The van der Waals surface area contributed by atoms with Gasteiger partial charge in [-0.3, -0.25) is 0 Å². The van der Waals surface area contributed by atoms with E-state index in [4.69, 9.17) is 12.2 Å². The van der Waals surface area contributed by atoms with Crippen LogP contribution in [-0.2, 0) is 0 Å². The van der Waals surface area contributed by atoms with Crippen molar-refractivity contribution >= 4 is 22.8 Å². The van der Waals surface area contributed by atoms with Gasteiger partial charge < -0.3 is 0 Å². The molecule has 1 heterocycles. The third-order valence-electron chi connectivity index (χ3n) is 1.27. The van der Waals surface area contributed by atoms with Crippen molar-refractivity contribution in [2.24, 2.45) is 15.4 Å². The Morgan fingerprint density at radius 1 is 1.40 bits per heavy atom. The van der Waals surface area contributed by atoms with Gasteiger partial charge in [-0.05, 0) is 17.4 Å². The first kappa shape index (κ1) is 5.61. The fourth-order valence-corrected chi connectivity index (χ4v) is 1.03. The SMILES string of the molecule is S=C1C=CC=C2N=NN=C12. The van der Waals surface area contributed by atoms with Crippen molar-refractivity contribution in [2.45, 2.75) is 0 Å². The number of thiocarbonyl (C=S) groups is 1. The molecule has 0 saturated carbocycles. The Morgan fingerprint density at radius 2 is 2.30 bits per heavy atom. The quantitative estimate of drug-likeness (QED) is 0.482. The molecule has 0 N–H and O–H groups in total. The van der Waals surface area contributed by atoms with Crippen LogP contribution in [0.1, 0.15) is 0 Å². The molecule has 0 amide bonds. The highest BCUT2D eigenvalue weighted by molar-refractivity contribution is 7.82. The number of hydrogen-bond acceptors (Lipinski definition) is 4. The van der Waals surface area contributed by atoms with Gasteiger partial charge in [0.2, 0.25) is 0 Å². The van der Waals surface area contributed by atoms with Gasteiger partial charge in [0.05, 0.1) is 4.86 Å². The molecule has 0 atom stereocenters. The van der Waals surface area contributed by atoms with Gasteiger partial charge in [-0.1, -0.05) is 18.3 Å². The van der Waals surface area contributed by atoms with Gasteiger partial charge in [0.1, 0.15) is 11.4 Å². The lowest BCUT2D eigenvalue weighted by Gasteiger charge is -1.99. The van der Waals surface area contributed by atoms with Crippen LogP contribution < -0.4 is 0 Å². The summed E-state index contributed by atoms with van der Waals surface area (Å²) in [6.45, 7) is 0. The van der Waals surface area contributed by atoms with Crippen LogP contribution in [-0.4, -0.2) is 10.6 Å². The molecule has 0 bridgehead atoms. The highest BCUT2D eigenvalue weighted by Gasteiger charge is 2.16. The molecule has 0 unspecified atom stereocenters. The van der Waals surface area contributed by atoms with Gasteiger partial charge in [0.15, 0.2) is 0 Å². The fourth-order valence-electron chi connectivity index (χ4n) is 0.807. The monoisotopic (exact) mass is 149 g/mol. The van der Waals surface area contributed by atoms with Gasteiger partial charge in [-0.2, -0.15) is 0 Å². The Balaban J connectivity index is 2.54. The summed E-state index contributed by atoms with van der Waals surface area (Å²) in [5.74, 6) is 0. The Morgan fingerprint density at radius 3 is 3.10 bits per heavy atom. The molecular weight excluding hydrogens is 146 g/mol. The van der Waals surface area contributed by atoms with E-state index in [9.17, 15) is 0 Å². The van der Waals surface area contributed by atoms with Crippen molar-refractivity contribution in [3.05, 3.63) is 23.9 Å². The first-order chi connectivity index (χ1) is 4.88. The minimum Gasteiger partial charge on any atom is -0.128 e. The molecule has 0 spiro atoms. The van der Waals surface area contributed by atoms with Crippen molar-refractivity contribution in [1.82, 2.24) is 0 Å². The highest BCUT2D eigenvalue weighted by Crippen LogP contribution is 2.15. The van der Waals surface area contributed by atoms with E-state index < -0.39 is 0 Å². The molecular formula is C6H3N3S. The highest BCUT2D eigenvalue weighted by atomic mass is 32.1. The van der Waals surface area contributed by atoms with Crippen LogP contribution in [0, 0.1) is 0 Å². The lowest BCUT2D eigenvalue weighted by atomic mass is 10.1. The first-order valence-electron chi connectivity index (χ1n) is 2.80. The molecule has 10 heavy (non-hydrogen) atoms. The average molecular weight is 149 g/mol. The molecule has 1 aliphatic heterocycles. The molecule has 0 aromatic heterocycles. The summed E-state index contributed by atoms with van der Waals surface area (Å²) in [6.07, 6.45) is 5.50. The topological polar surface area (TPSA) is 37.1 Å². The standard InChI is InChI=1S/C6H3N3S/c10-5-3-1-2-4-6(5)8-9-7-4/h1-3H. The van der Waals surface area contributed by atoms with E-state index in [1.165, 1.54) is 0 Å². The van der Waals surface area contributed by atoms with Crippen LogP contribution in [0.15, 0.2) is 39.4 Å². The fraction of sp³-hybridized carbons (Fsp3) is 0. The Labute approximate surface area is 62.8 Å². The van der Waals surface area contributed by atoms with Crippen LogP contribution in [0.4, 0.5) is 0 Å². The lowest BCUT2D eigenvalue weighted by molar-refractivity contribution is 1.10. The smallest absolute Gasteiger partial charge is 0.128 e. The van der Waals surface area contributed by atoms with E-state index in [1.807, 2.05) is 18.2 Å². The summed E-state index contributed by atoms with van der Waals surface area (Å²) < 4.78 is 0. The second-order valence-electron chi connectivity index (χ2n) is 1.91. The second kappa shape index (κ2) is 1.91. The number of rotatable bonds is 0. The Hall–Kier alpha value is -1.16. The van der Waals surface area contributed by atoms with E-state index in [-0.39, 0.29) is 0 Å². The maximum atomic E-state index is 4.96. The normalized spacial score (nSPS) is 20.6. The van der Waals surface area contributed by atoms with Crippen molar-refractivity contribution < 1.29 is 0 Å². The molecule has 0 fully saturated rings. The van der Waals surface area contributed by atoms with Gasteiger partial charge in [-0.25, -0.2) is 0 Å². The van der Waals surface area contributed by atoms with Gasteiger partial charge >= 0.3 is 0 Å². The molecule has 1 aliphatic carbocycles. The van der Waals surface area contributed by atoms with Crippen molar-refractivity contribution in [2.75, 3.05) is 0 Å². The zero-order valence-corrected chi connectivity index (χ0v) is 5.80. The summed E-state index contributed by atoms with van der Waals surface area (Å²) in [5, 5.41) is 11.0. The maximum absolute atomic E-state index is 4.96. The molecule has 2 rings (SSSR count). The van der Waals surface area contributed by atoms with Crippen LogP contribution in [0.25, 0.3) is 0 Å². The summed E-state index contributed by atoms with van der Waals surface area (Å²) in [4.78, 5) is 0.711. The van der Waals surface area contributed by atoms with Gasteiger partial charge in [0.25, 0.3) is 0 Å². The van der Waals surface area contributed by atoms with Crippen LogP contribution in [0.2, 0.25) is 0 Å². The summed E-state index contributed by atoms with van der Waals surface area (Å²) in [5.41, 5.74) is 1.49. The van der Waals surface area contributed by atoms with Crippen LogP contribution in [0.3, 0.4) is 0 Å². The van der Waals surface area contributed by atoms with E-state index in [1.54, 1.807) is 0 Å². The molecule has 4 heteroatoms. The average Bonchev–Trinajstić information content (AvgIpc) is 2.36. The maximum Gasteiger partial charge on any atom is 0.133 e. The van der Waals surface area contributed by atoms with Gasteiger partial charge in [0, 0.05) is 0 Å². The number of fused-ring (bicyclic) bond motifs is 1. The van der Waals surface area contributed by atoms with Crippen LogP contribution >= 0.6 is 12.2 Å². The predicted molar refractivity (Wildman–Crippen MR) is 42.1 cm³/mol. The predicted octanol–water partition coefficient (Wildman–Crippen LogP) is 1.63. The lowest BCUT2D eigenvalue weighted by Crippen LogP contribution is -2.10. The van der Waals surface area contributed by atoms with Crippen LogP contribution in [0.5, 0.6) is 0 Å². The second-order valence-corrected chi connectivity index (χ2v) is 2.35. The molecule has 0 aromatic carbocycles. The molecule has 0 aromatic rings. The largest absolute Gasteiger partial charge is 0.133 e. The molecule has 2 aliphatic rings. The number of nitrogens with zero attached hydrogens (tertiary/aromatic N) is 3.